The fourth-order valence-corrected chi connectivity index (χ4v) is 3.73. The highest BCUT2D eigenvalue weighted by atomic mass is 32.1. The SMILES string of the molecule is Cc1cc(NC(=O)CN2CCCC[C@H]2c2nc(C)cs2)on1. The fourth-order valence-electron chi connectivity index (χ4n) is 2.77. The molecule has 1 saturated heterocycles. The summed E-state index contributed by atoms with van der Waals surface area (Å²) in [6.45, 7) is 5.10. The van der Waals surface area contributed by atoms with Crippen LogP contribution in [0.1, 0.15) is 41.7 Å². The second-order valence-corrected chi connectivity index (χ2v) is 6.58. The van der Waals surface area contributed by atoms with Crippen molar-refractivity contribution in [3.8, 4) is 0 Å². The summed E-state index contributed by atoms with van der Waals surface area (Å²) in [5.74, 6) is 0.331. The Balaban J connectivity index is 1.64. The van der Waals surface area contributed by atoms with E-state index in [0.717, 1.165) is 35.8 Å². The van der Waals surface area contributed by atoms with Gasteiger partial charge in [0.25, 0.3) is 0 Å². The van der Waals surface area contributed by atoms with Crippen LogP contribution in [0.25, 0.3) is 0 Å². The quantitative estimate of drug-likeness (QED) is 0.938. The van der Waals surface area contributed by atoms with E-state index < -0.39 is 0 Å². The maximum absolute atomic E-state index is 12.2. The largest absolute Gasteiger partial charge is 0.338 e. The van der Waals surface area contributed by atoms with Gasteiger partial charge in [-0.3, -0.25) is 15.0 Å². The summed E-state index contributed by atoms with van der Waals surface area (Å²) in [6, 6.07) is 1.96. The third-order valence-corrected chi connectivity index (χ3v) is 4.84. The smallest absolute Gasteiger partial charge is 0.240 e. The molecule has 3 heterocycles. The molecule has 0 aliphatic carbocycles. The summed E-state index contributed by atoms with van der Waals surface area (Å²) in [4.78, 5) is 19.0. The van der Waals surface area contributed by atoms with Gasteiger partial charge in [-0.2, -0.15) is 0 Å². The van der Waals surface area contributed by atoms with Crippen molar-refractivity contribution in [2.75, 3.05) is 18.4 Å². The van der Waals surface area contributed by atoms with E-state index in [1.165, 1.54) is 6.42 Å². The number of carbonyl (C=O) groups is 1. The Morgan fingerprint density at radius 1 is 1.45 bits per heavy atom. The second-order valence-electron chi connectivity index (χ2n) is 5.69. The molecule has 1 atom stereocenters. The molecule has 0 bridgehead atoms. The van der Waals surface area contributed by atoms with Crippen molar-refractivity contribution in [1.29, 1.82) is 0 Å². The van der Waals surface area contributed by atoms with Crippen LogP contribution in [-0.4, -0.2) is 34.0 Å². The summed E-state index contributed by atoms with van der Waals surface area (Å²) < 4.78 is 5.03. The molecule has 2 aromatic rings. The Bertz CT molecular complexity index is 652. The highest BCUT2D eigenvalue weighted by molar-refractivity contribution is 7.09. The first kappa shape index (κ1) is 15.2. The second kappa shape index (κ2) is 6.58. The minimum absolute atomic E-state index is 0.0728. The molecular formula is C15H20N4O2S. The average molecular weight is 320 g/mol. The Hall–Kier alpha value is -1.73. The Labute approximate surface area is 133 Å². The maximum Gasteiger partial charge on any atom is 0.240 e. The molecule has 1 aliphatic rings. The number of piperidine rings is 1. The topological polar surface area (TPSA) is 71.3 Å². The van der Waals surface area contributed by atoms with E-state index in [1.54, 1.807) is 17.4 Å². The first-order valence-corrected chi connectivity index (χ1v) is 8.39. The van der Waals surface area contributed by atoms with Crippen LogP contribution in [0.15, 0.2) is 16.0 Å². The molecule has 0 saturated carbocycles. The minimum Gasteiger partial charge on any atom is -0.338 e. The molecule has 1 aliphatic heterocycles. The summed E-state index contributed by atoms with van der Waals surface area (Å²) >= 11 is 1.68. The third kappa shape index (κ3) is 3.53. The highest BCUT2D eigenvalue weighted by Crippen LogP contribution is 2.32. The molecule has 0 radical (unpaired) electrons. The monoisotopic (exact) mass is 320 g/mol. The first-order chi connectivity index (χ1) is 10.6. The number of aryl methyl sites for hydroxylation is 2. The standard InChI is InChI=1S/C15H20N4O2S/c1-10-7-14(21-18-10)17-13(20)8-19-6-4-3-5-12(19)15-16-11(2)9-22-15/h7,9,12H,3-6,8H2,1-2H3,(H,17,20)/t12-/m0/s1. The van der Waals surface area contributed by atoms with Crippen molar-refractivity contribution >= 4 is 23.1 Å². The van der Waals surface area contributed by atoms with E-state index in [0.29, 0.717) is 12.4 Å². The number of anilines is 1. The van der Waals surface area contributed by atoms with Crippen molar-refractivity contribution < 1.29 is 9.32 Å². The maximum atomic E-state index is 12.2. The molecule has 2 aromatic heterocycles. The van der Waals surface area contributed by atoms with Crippen LogP contribution >= 0.6 is 11.3 Å². The van der Waals surface area contributed by atoms with Crippen LogP contribution in [0.4, 0.5) is 5.88 Å². The molecule has 1 fully saturated rings. The average Bonchev–Trinajstić information content (AvgIpc) is 3.08. The van der Waals surface area contributed by atoms with Crippen LogP contribution in [0.5, 0.6) is 0 Å². The van der Waals surface area contributed by atoms with Crippen LogP contribution in [-0.2, 0) is 4.79 Å². The van der Waals surface area contributed by atoms with Gasteiger partial charge < -0.3 is 4.52 Å². The van der Waals surface area contributed by atoms with Crippen molar-refractivity contribution in [3.63, 3.8) is 0 Å². The van der Waals surface area contributed by atoms with Crippen LogP contribution in [0, 0.1) is 13.8 Å². The predicted octanol–water partition coefficient (Wildman–Crippen LogP) is 2.91. The van der Waals surface area contributed by atoms with Gasteiger partial charge in [0, 0.05) is 17.1 Å². The number of amides is 1. The molecule has 22 heavy (non-hydrogen) atoms. The summed E-state index contributed by atoms with van der Waals surface area (Å²) in [5.41, 5.74) is 1.80. The molecular weight excluding hydrogens is 300 g/mol. The Morgan fingerprint density at radius 3 is 3.00 bits per heavy atom. The number of nitrogens with one attached hydrogen (secondary N) is 1. The van der Waals surface area contributed by atoms with Gasteiger partial charge in [0.15, 0.2) is 0 Å². The lowest BCUT2D eigenvalue weighted by Crippen LogP contribution is -2.39. The number of thiazole rings is 1. The van der Waals surface area contributed by atoms with E-state index in [1.807, 2.05) is 13.8 Å². The lowest BCUT2D eigenvalue weighted by atomic mass is 10.0. The zero-order valence-electron chi connectivity index (χ0n) is 12.8. The van der Waals surface area contributed by atoms with Crippen molar-refractivity contribution in [3.05, 3.63) is 27.8 Å². The van der Waals surface area contributed by atoms with Crippen LogP contribution in [0.3, 0.4) is 0 Å². The van der Waals surface area contributed by atoms with Gasteiger partial charge in [-0.1, -0.05) is 11.6 Å². The number of hydrogen-bond donors (Lipinski definition) is 1. The molecule has 6 nitrogen and oxygen atoms in total. The number of hydrogen-bond acceptors (Lipinski definition) is 6. The van der Waals surface area contributed by atoms with Gasteiger partial charge in [0.1, 0.15) is 5.01 Å². The lowest BCUT2D eigenvalue weighted by Gasteiger charge is -2.33. The van der Waals surface area contributed by atoms with Gasteiger partial charge >= 0.3 is 0 Å². The summed E-state index contributed by atoms with van der Waals surface area (Å²) in [5, 5.41) is 9.71. The first-order valence-electron chi connectivity index (χ1n) is 7.51. The third-order valence-electron chi connectivity index (χ3n) is 3.77. The molecule has 1 N–H and O–H groups in total. The molecule has 0 spiro atoms. The zero-order chi connectivity index (χ0) is 15.5. The van der Waals surface area contributed by atoms with Gasteiger partial charge in [0.2, 0.25) is 11.8 Å². The van der Waals surface area contributed by atoms with Gasteiger partial charge in [-0.25, -0.2) is 4.98 Å². The van der Waals surface area contributed by atoms with Crippen molar-refractivity contribution in [2.24, 2.45) is 0 Å². The van der Waals surface area contributed by atoms with Crippen LogP contribution in [0.2, 0.25) is 0 Å². The molecule has 0 aromatic carbocycles. The predicted molar refractivity (Wildman–Crippen MR) is 84.9 cm³/mol. The zero-order valence-corrected chi connectivity index (χ0v) is 13.7. The van der Waals surface area contributed by atoms with E-state index >= 15 is 0 Å². The van der Waals surface area contributed by atoms with Crippen molar-refractivity contribution in [2.45, 2.75) is 39.2 Å². The summed E-state index contributed by atoms with van der Waals surface area (Å²) in [6.07, 6.45) is 3.36. The van der Waals surface area contributed by atoms with E-state index in [2.05, 4.69) is 25.7 Å². The Morgan fingerprint density at radius 2 is 2.32 bits per heavy atom. The van der Waals surface area contributed by atoms with E-state index in [4.69, 9.17) is 4.52 Å². The van der Waals surface area contributed by atoms with Crippen LogP contribution < -0.4 is 5.32 Å². The molecule has 1 amide bonds. The summed E-state index contributed by atoms with van der Waals surface area (Å²) in [7, 11) is 0. The Kier molecular flexibility index (Phi) is 4.54. The number of aromatic nitrogens is 2. The minimum atomic E-state index is -0.0728. The normalized spacial score (nSPS) is 19.3. The van der Waals surface area contributed by atoms with Gasteiger partial charge in [-0.15, -0.1) is 11.3 Å². The molecule has 0 unspecified atom stereocenters. The van der Waals surface area contributed by atoms with E-state index in [9.17, 15) is 4.79 Å². The molecule has 118 valence electrons. The number of rotatable bonds is 4. The number of nitrogens with zero attached hydrogens (tertiary/aromatic N) is 3. The molecule has 7 heteroatoms. The fraction of sp³-hybridized carbons (Fsp3) is 0.533. The van der Waals surface area contributed by atoms with Gasteiger partial charge in [-0.05, 0) is 33.2 Å². The van der Waals surface area contributed by atoms with Crippen molar-refractivity contribution in [1.82, 2.24) is 15.0 Å². The van der Waals surface area contributed by atoms with Gasteiger partial charge in [0.05, 0.1) is 18.3 Å². The molecule has 3 rings (SSSR count). The number of likely N-dealkylation sites (tertiary alicyclic amines) is 1. The lowest BCUT2D eigenvalue weighted by molar-refractivity contribution is -0.118. The number of carbonyl (C=O) groups excluding carboxylic acids is 1. The van der Waals surface area contributed by atoms with E-state index in [-0.39, 0.29) is 11.9 Å². The highest BCUT2D eigenvalue weighted by Gasteiger charge is 2.27.